The van der Waals surface area contributed by atoms with Gasteiger partial charge in [-0.1, -0.05) is 6.92 Å². The van der Waals surface area contributed by atoms with Crippen molar-refractivity contribution < 1.29 is 28.4 Å². The molecule has 114 valence electrons. The molecule has 0 aliphatic rings. The second-order valence-electron chi connectivity index (χ2n) is 4.00. The molecule has 0 bridgehead atoms. The molecule has 0 heterocycles. The van der Waals surface area contributed by atoms with E-state index >= 15 is 0 Å². The van der Waals surface area contributed by atoms with Crippen LogP contribution in [0.3, 0.4) is 0 Å². The van der Waals surface area contributed by atoms with E-state index in [1.54, 1.807) is 13.8 Å². The zero-order valence-corrected chi connectivity index (χ0v) is 11.5. The first-order chi connectivity index (χ1) is 9.90. The van der Waals surface area contributed by atoms with Crippen LogP contribution >= 0.6 is 0 Å². The number of rotatable bonds is 6. The minimum atomic E-state index is -1.13. The Hall–Kier alpha value is -2.51. The summed E-state index contributed by atoms with van der Waals surface area (Å²) in [7, 11) is 0. The fourth-order valence-electron chi connectivity index (χ4n) is 1.56. The van der Waals surface area contributed by atoms with E-state index in [-0.39, 0.29) is 18.8 Å². The lowest BCUT2D eigenvalue weighted by Crippen LogP contribution is -2.29. The molecule has 1 rings (SSSR count). The number of hydrogen-bond donors (Lipinski definition) is 0. The lowest BCUT2D eigenvalue weighted by molar-refractivity contribution is -0.387. The first-order valence-electron chi connectivity index (χ1n) is 6.22. The maximum atomic E-state index is 13.4. The quantitative estimate of drug-likeness (QED) is 0.263. The van der Waals surface area contributed by atoms with E-state index < -0.39 is 34.3 Å². The maximum absolute atomic E-state index is 13.4. The summed E-state index contributed by atoms with van der Waals surface area (Å²) in [4.78, 5) is 32.9. The molecule has 0 saturated heterocycles. The second-order valence-corrected chi connectivity index (χ2v) is 4.00. The summed E-state index contributed by atoms with van der Waals surface area (Å²) < 4.78 is 23.0. The average Bonchev–Trinajstić information content (AvgIpc) is 2.39. The van der Waals surface area contributed by atoms with Gasteiger partial charge in [-0.3, -0.25) is 19.7 Å². The number of esters is 2. The third-order valence-electron chi connectivity index (χ3n) is 2.60. The Labute approximate surface area is 119 Å². The Balaban J connectivity index is 2.85. The Morgan fingerprint density at radius 1 is 1.33 bits per heavy atom. The monoisotopic (exact) mass is 299 g/mol. The molecule has 0 aromatic heterocycles. The van der Waals surface area contributed by atoms with Crippen LogP contribution in [-0.2, 0) is 14.3 Å². The van der Waals surface area contributed by atoms with E-state index in [0.29, 0.717) is 6.07 Å². The van der Waals surface area contributed by atoms with Gasteiger partial charge in [0.1, 0.15) is 5.75 Å². The van der Waals surface area contributed by atoms with E-state index in [1.807, 2.05) is 0 Å². The lowest BCUT2D eigenvalue weighted by atomic mass is 10.1. The van der Waals surface area contributed by atoms with Crippen LogP contribution in [0.5, 0.6) is 5.75 Å². The van der Waals surface area contributed by atoms with Crippen molar-refractivity contribution in [2.45, 2.75) is 20.3 Å². The van der Waals surface area contributed by atoms with Crippen molar-refractivity contribution in [2.75, 3.05) is 6.61 Å². The molecule has 21 heavy (non-hydrogen) atoms. The fraction of sp³-hybridized carbons (Fsp3) is 0.385. The van der Waals surface area contributed by atoms with Gasteiger partial charge in [-0.05, 0) is 19.4 Å². The van der Waals surface area contributed by atoms with Crippen LogP contribution in [0.4, 0.5) is 10.1 Å². The van der Waals surface area contributed by atoms with Crippen LogP contribution in [-0.4, -0.2) is 23.5 Å². The Bertz CT molecular complexity index is 560. The number of carbonyl (C=O) groups excluding carboxylic acids is 2. The summed E-state index contributed by atoms with van der Waals surface area (Å²) in [5.74, 6) is -4.10. The van der Waals surface area contributed by atoms with Crippen molar-refractivity contribution in [3.63, 3.8) is 0 Å². The van der Waals surface area contributed by atoms with E-state index in [0.717, 1.165) is 12.1 Å². The zero-order valence-electron chi connectivity index (χ0n) is 11.5. The van der Waals surface area contributed by atoms with Crippen molar-refractivity contribution in [2.24, 2.45) is 5.92 Å². The van der Waals surface area contributed by atoms with E-state index in [2.05, 4.69) is 0 Å². The van der Waals surface area contributed by atoms with Gasteiger partial charge < -0.3 is 9.47 Å². The summed E-state index contributed by atoms with van der Waals surface area (Å²) in [5, 5.41) is 10.5. The molecule has 0 aliphatic heterocycles. The summed E-state index contributed by atoms with van der Waals surface area (Å²) in [6.07, 6.45) is 0.160. The van der Waals surface area contributed by atoms with Crippen molar-refractivity contribution in [1.29, 1.82) is 0 Å². The molecule has 1 unspecified atom stereocenters. The standard InChI is InChI=1S/C13H14FNO6/c1-3-9(12(16)20-4-2)13(17)21-8-5-6-11(15(18)19)10(14)7-8/h5-7,9H,3-4H2,1-2H3. The van der Waals surface area contributed by atoms with Gasteiger partial charge in [0, 0.05) is 12.1 Å². The number of nitro groups is 1. The van der Waals surface area contributed by atoms with Crippen molar-refractivity contribution in [1.82, 2.24) is 0 Å². The number of ether oxygens (including phenoxy) is 2. The van der Waals surface area contributed by atoms with Gasteiger partial charge in [-0.15, -0.1) is 0 Å². The molecule has 1 aromatic rings. The number of carbonyl (C=O) groups is 2. The zero-order chi connectivity index (χ0) is 16.0. The van der Waals surface area contributed by atoms with E-state index in [9.17, 15) is 24.1 Å². The Morgan fingerprint density at radius 2 is 2.00 bits per heavy atom. The average molecular weight is 299 g/mol. The van der Waals surface area contributed by atoms with Gasteiger partial charge in [-0.25, -0.2) is 0 Å². The van der Waals surface area contributed by atoms with Crippen LogP contribution in [0.2, 0.25) is 0 Å². The van der Waals surface area contributed by atoms with E-state index in [4.69, 9.17) is 9.47 Å². The third-order valence-corrected chi connectivity index (χ3v) is 2.60. The highest BCUT2D eigenvalue weighted by atomic mass is 19.1. The minimum Gasteiger partial charge on any atom is -0.465 e. The number of nitro benzene ring substituents is 1. The molecule has 0 saturated carbocycles. The number of hydrogen-bond acceptors (Lipinski definition) is 6. The summed E-state index contributed by atoms with van der Waals surface area (Å²) in [6, 6.07) is 2.67. The van der Waals surface area contributed by atoms with Crippen molar-refractivity contribution in [3.05, 3.63) is 34.1 Å². The largest absolute Gasteiger partial charge is 0.465 e. The molecule has 0 fully saturated rings. The van der Waals surface area contributed by atoms with Crippen LogP contribution in [0.25, 0.3) is 0 Å². The van der Waals surface area contributed by atoms with E-state index in [1.165, 1.54) is 0 Å². The predicted molar refractivity (Wildman–Crippen MR) is 69.1 cm³/mol. The molecule has 7 nitrogen and oxygen atoms in total. The first kappa shape index (κ1) is 16.5. The van der Waals surface area contributed by atoms with Crippen molar-refractivity contribution >= 4 is 17.6 Å². The first-order valence-corrected chi connectivity index (χ1v) is 6.22. The van der Waals surface area contributed by atoms with Crippen LogP contribution in [0.15, 0.2) is 18.2 Å². The SMILES string of the molecule is CCOC(=O)C(CC)C(=O)Oc1ccc([N+](=O)[O-])c(F)c1. The van der Waals surface area contributed by atoms with Crippen molar-refractivity contribution in [3.8, 4) is 5.75 Å². The maximum Gasteiger partial charge on any atom is 0.325 e. The molecule has 1 aromatic carbocycles. The molecule has 0 N–H and O–H groups in total. The molecule has 0 amide bonds. The molecular weight excluding hydrogens is 285 g/mol. The number of halogens is 1. The molecular formula is C13H14FNO6. The van der Waals surface area contributed by atoms with Crippen LogP contribution in [0.1, 0.15) is 20.3 Å². The molecule has 8 heteroatoms. The molecule has 0 spiro atoms. The fourth-order valence-corrected chi connectivity index (χ4v) is 1.56. The third kappa shape index (κ3) is 4.23. The van der Waals surface area contributed by atoms with Crippen LogP contribution in [0, 0.1) is 21.8 Å². The number of nitrogens with zero attached hydrogens (tertiary/aromatic N) is 1. The lowest BCUT2D eigenvalue weighted by Gasteiger charge is -2.12. The highest BCUT2D eigenvalue weighted by Crippen LogP contribution is 2.23. The van der Waals surface area contributed by atoms with Gasteiger partial charge in [0.2, 0.25) is 5.82 Å². The second kappa shape index (κ2) is 7.32. The van der Waals surface area contributed by atoms with Gasteiger partial charge in [-0.2, -0.15) is 4.39 Å². The van der Waals surface area contributed by atoms with Crippen LogP contribution < -0.4 is 4.74 Å². The Kier molecular flexibility index (Phi) is 5.77. The summed E-state index contributed by atoms with van der Waals surface area (Å²) in [6.45, 7) is 3.32. The molecule has 0 aliphatic carbocycles. The van der Waals surface area contributed by atoms with Gasteiger partial charge >= 0.3 is 17.6 Å². The molecule has 1 atom stereocenters. The van der Waals surface area contributed by atoms with Gasteiger partial charge in [0.05, 0.1) is 11.5 Å². The Morgan fingerprint density at radius 3 is 2.48 bits per heavy atom. The number of benzene rings is 1. The van der Waals surface area contributed by atoms with Gasteiger partial charge in [0.15, 0.2) is 5.92 Å². The summed E-state index contributed by atoms with van der Waals surface area (Å²) >= 11 is 0. The highest BCUT2D eigenvalue weighted by molar-refractivity contribution is 5.95. The molecule has 0 radical (unpaired) electrons. The normalized spacial score (nSPS) is 11.6. The predicted octanol–water partition coefficient (Wildman–Crippen LogP) is 2.23. The minimum absolute atomic E-state index is 0.120. The summed E-state index contributed by atoms with van der Waals surface area (Å²) in [5.41, 5.74) is -0.729. The highest BCUT2D eigenvalue weighted by Gasteiger charge is 2.28. The topological polar surface area (TPSA) is 95.7 Å². The smallest absolute Gasteiger partial charge is 0.325 e. The van der Waals surface area contributed by atoms with Gasteiger partial charge in [0.25, 0.3) is 0 Å².